The quantitative estimate of drug-likeness (QED) is 0.0492. The fraction of sp³-hybridized carbons (Fsp3) is 0.508. The van der Waals surface area contributed by atoms with Gasteiger partial charge in [-0.05, 0) is 142 Å². The summed E-state index contributed by atoms with van der Waals surface area (Å²) in [6.07, 6.45) is 9.86. The number of hydrogen-bond donors (Lipinski definition) is 7. The van der Waals surface area contributed by atoms with Crippen LogP contribution < -0.4 is 29.6 Å². The van der Waals surface area contributed by atoms with Gasteiger partial charge in [-0.15, -0.1) is 0 Å². The molecule has 7 N–H and O–H groups in total. The predicted octanol–water partition coefficient (Wildman–Crippen LogP) is 9.51. The van der Waals surface area contributed by atoms with Gasteiger partial charge in [0.05, 0.1) is 42.5 Å². The summed E-state index contributed by atoms with van der Waals surface area (Å²) in [6.45, 7) is 1.31. The molecule has 0 amide bonds. The Morgan fingerprint density at radius 1 is 0.784 bits per heavy atom. The van der Waals surface area contributed by atoms with Gasteiger partial charge in [-0.2, -0.15) is 0 Å². The summed E-state index contributed by atoms with van der Waals surface area (Å²) in [7, 11) is 1.70. The Morgan fingerprint density at radius 2 is 1.61 bits per heavy atom. The third kappa shape index (κ3) is 8.89. The molecule has 4 fully saturated rings. The van der Waals surface area contributed by atoms with Gasteiger partial charge in [0.25, 0.3) is 0 Å². The van der Waals surface area contributed by atoms with Crippen LogP contribution in [-0.4, -0.2) is 95.1 Å². The average molecular weight is 1010 g/mol. The van der Waals surface area contributed by atoms with Crippen molar-refractivity contribution in [3.05, 3.63) is 101 Å². The van der Waals surface area contributed by atoms with Gasteiger partial charge in [0, 0.05) is 84.2 Å². The molecule has 12 rings (SSSR count). The van der Waals surface area contributed by atoms with Crippen LogP contribution in [0.25, 0.3) is 21.9 Å². The van der Waals surface area contributed by atoms with Crippen molar-refractivity contribution in [3.63, 3.8) is 0 Å². The third-order valence-corrected chi connectivity index (χ3v) is 17.9. The number of fused-ring (bicyclic) bond motifs is 6. The molecule has 5 aromatic carbocycles. The molecular weight excluding hydrogens is 937 g/mol. The van der Waals surface area contributed by atoms with Gasteiger partial charge >= 0.3 is 0 Å². The Morgan fingerprint density at radius 3 is 2.43 bits per heavy atom. The van der Waals surface area contributed by atoms with Crippen LogP contribution in [0.5, 0.6) is 40.2 Å². The highest BCUT2D eigenvalue weighted by molar-refractivity contribution is 5.96. The zero-order chi connectivity index (χ0) is 50.6. The lowest BCUT2D eigenvalue weighted by Gasteiger charge is -2.57. The standard InChI is InChI=1S/C61H70N2O11/c1-69-24-8-14-51-54(50-34-71-56-39(29-44(31-48(56)55(50)68)72-43-12-3-4-13-43)26-38-28-41(66)16-18-45(38)36-10-7-11-40(65)27-36)58-49-32-52(47-30-42(67)17-19-46(47)57(49)73-51)70-25-9-15-53-60(21-5-2-6-22-60)62-35-63-61(53)23-20-37(33-64)59(61)74-58/h7,10-11,16-19,27-32,37,43,50-51,53-55,58-59,62-68H,2-6,8,12-14,20-26,33-35H2,1H3. The second-order valence-corrected chi connectivity index (χ2v) is 22.2. The molecule has 4 heterocycles. The van der Waals surface area contributed by atoms with E-state index in [2.05, 4.69) is 22.5 Å². The molecule has 13 nitrogen and oxygen atoms in total. The summed E-state index contributed by atoms with van der Waals surface area (Å²) < 4.78 is 41.6. The van der Waals surface area contributed by atoms with Crippen LogP contribution >= 0.6 is 0 Å². The van der Waals surface area contributed by atoms with Gasteiger partial charge in [-0.25, -0.2) is 0 Å². The number of phenols is 3. The molecule has 0 aromatic heterocycles. The SMILES string of the molecule is COCCCC1Oc2c3cc(c4cc(O)ccc24)OCC#CC2C4(CCCCC4)NCNC24CCC(CO)C4OC3C1C1COc2c(Cc3cc(O)ccc3-c3cccc(O)c3)cc(OC3CCCC3)cc2C1O. The largest absolute Gasteiger partial charge is 0.508 e. The van der Waals surface area contributed by atoms with Gasteiger partial charge in [0.1, 0.15) is 53.0 Å². The monoisotopic (exact) mass is 1010 g/mol. The second-order valence-electron chi connectivity index (χ2n) is 22.2. The van der Waals surface area contributed by atoms with Crippen LogP contribution in [0.15, 0.2) is 78.9 Å². The van der Waals surface area contributed by atoms with Crippen LogP contribution in [0, 0.1) is 35.5 Å². The van der Waals surface area contributed by atoms with E-state index in [4.69, 9.17) is 28.4 Å². The number of ether oxygens (including phenoxy) is 6. The topological polar surface area (TPSA) is 181 Å². The Kier molecular flexibility index (Phi) is 13.6. The number of benzene rings is 5. The molecule has 2 spiro atoms. The second kappa shape index (κ2) is 20.4. The summed E-state index contributed by atoms with van der Waals surface area (Å²) in [5.41, 5.74) is 3.80. The number of aliphatic hydroxyl groups is 2. The van der Waals surface area contributed by atoms with Gasteiger partial charge in [-0.1, -0.05) is 49.3 Å². The van der Waals surface area contributed by atoms with Crippen molar-refractivity contribution in [2.45, 2.75) is 131 Å². The zero-order valence-electron chi connectivity index (χ0n) is 42.3. The number of hydrogen-bond acceptors (Lipinski definition) is 13. The van der Waals surface area contributed by atoms with E-state index in [9.17, 15) is 25.5 Å². The maximum Gasteiger partial charge on any atom is 0.149 e. The summed E-state index contributed by atoms with van der Waals surface area (Å²) in [6, 6.07) is 23.6. The highest BCUT2D eigenvalue weighted by atomic mass is 16.5. The normalized spacial score (nSPS) is 29.0. The summed E-state index contributed by atoms with van der Waals surface area (Å²) in [5.74, 6) is 8.61. The molecule has 4 aliphatic heterocycles. The first kappa shape index (κ1) is 49.2. The molecule has 1 saturated heterocycles. The van der Waals surface area contributed by atoms with E-state index in [1.54, 1.807) is 49.6 Å². The fourth-order valence-corrected chi connectivity index (χ4v) is 14.5. The minimum atomic E-state index is -1.06. The van der Waals surface area contributed by atoms with E-state index in [0.29, 0.717) is 66.5 Å². The smallest absolute Gasteiger partial charge is 0.149 e. The highest BCUT2D eigenvalue weighted by Gasteiger charge is 2.63. The molecule has 3 saturated carbocycles. The Hall–Kier alpha value is -5.72. The van der Waals surface area contributed by atoms with Crippen molar-refractivity contribution < 1.29 is 54.0 Å². The molecule has 13 heteroatoms. The lowest BCUT2D eigenvalue weighted by atomic mass is 9.62. The molecule has 5 aromatic rings. The van der Waals surface area contributed by atoms with Crippen LogP contribution in [-0.2, 0) is 15.9 Å². The van der Waals surface area contributed by atoms with Crippen molar-refractivity contribution >= 4 is 10.8 Å². The summed E-state index contributed by atoms with van der Waals surface area (Å²) in [5, 5.41) is 66.5. The summed E-state index contributed by atoms with van der Waals surface area (Å²) >= 11 is 0. The average Bonchev–Trinajstić information content (AvgIpc) is 4.04. The third-order valence-electron chi connectivity index (χ3n) is 17.9. The van der Waals surface area contributed by atoms with Crippen LogP contribution in [0.3, 0.4) is 0 Å². The van der Waals surface area contributed by atoms with E-state index in [1.807, 2.05) is 36.4 Å². The molecule has 3 aliphatic carbocycles. The lowest BCUT2D eigenvalue weighted by Crippen LogP contribution is -2.75. The molecule has 9 atom stereocenters. The molecular formula is C61H70N2O11. The van der Waals surface area contributed by atoms with Crippen molar-refractivity contribution in [1.82, 2.24) is 10.6 Å². The van der Waals surface area contributed by atoms with Gasteiger partial charge in [-0.3, -0.25) is 10.6 Å². The number of methoxy groups -OCH3 is 1. The van der Waals surface area contributed by atoms with Crippen molar-refractivity contribution in [1.29, 1.82) is 0 Å². The Labute approximate surface area is 433 Å². The van der Waals surface area contributed by atoms with E-state index >= 15 is 0 Å². The molecule has 0 radical (unpaired) electrons. The van der Waals surface area contributed by atoms with Crippen molar-refractivity contribution in [3.8, 4) is 63.2 Å². The number of phenolic OH excluding ortho intramolecular Hbond substituents is 3. The minimum absolute atomic E-state index is 0.0382. The molecule has 74 heavy (non-hydrogen) atoms. The maximum absolute atomic E-state index is 13.4. The van der Waals surface area contributed by atoms with E-state index in [0.717, 1.165) is 97.4 Å². The van der Waals surface area contributed by atoms with Gasteiger partial charge in [0.15, 0.2) is 0 Å². The fourth-order valence-electron chi connectivity index (χ4n) is 14.5. The maximum atomic E-state index is 13.4. The van der Waals surface area contributed by atoms with Crippen LogP contribution in [0.1, 0.15) is 118 Å². The first-order valence-corrected chi connectivity index (χ1v) is 27.2. The van der Waals surface area contributed by atoms with E-state index in [1.165, 1.54) is 6.42 Å². The van der Waals surface area contributed by atoms with E-state index in [-0.39, 0.29) is 60.5 Å². The highest BCUT2D eigenvalue weighted by Crippen LogP contribution is 2.58. The first-order valence-electron chi connectivity index (χ1n) is 27.2. The molecule has 2 bridgehead atoms. The van der Waals surface area contributed by atoms with Crippen LogP contribution in [0.4, 0.5) is 0 Å². The number of aliphatic hydroxyl groups excluding tert-OH is 2. The lowest BCUT2D eigenvalue weighted by molar-refractivity contribution is -0.168. The molecule has 7 aliphatic rings. The minimum Gasteiger partial charge on any atom is -0.508 e. The molecule has 9 unspecified atom stereocenters. The van der Waals surface area contributed by atoms with Gasteiger partial charge < -0.3 is 54.0 Å². The van der Waals surface area contributed by atoms with Crippen LogP contribution in [0.2, 0.25) is 0 Å². The first-order chi connectivity index (χ1) is 36.1. The van der Waals surface area contributed by atoms with Crippen molar-refractivity contribution in [2.75, 3.05) is 40.2 Å². The number of aromatic hydroxyl groups is 3. The molecule has 390 valence electrons. The van der Waals surface area contributed by atoms with E-state index < -0.39 is 41.8 Å². The van der Waals surface area contributed by atoms with Gasteiger partial charge in [0.2, 0.25) is 0 Å². The zero-order valence-corrected chi connectivity index (χ0v) is 42.3. The summed E-state index contributed by atoms with van der Waals surface area (Å²) in [4.78, 5) is 0. The Bertz CT molecular complexity index is 2930. The van der Waals surface area contributed by atoms with Crippen molar-refractivity contribution in [2.24, 2.45) is 23.7 Å². The number of rotatable bonds is 11. The Balaban J connectivity index is 1.01. The predicted molar refractivity (Wildman–Crippen MR) is 280 cm³/mol. The number of nitrogens with one attached hydrogen (secondary N) is 2.